The largest absolute Gasteiger partial charge is 0.309 e. The van der Waals surface area contributed by atoms with E-state index in [-0.39, 0.29) is 38.9 Å². The predicted octanol–water partition coefficient (Wildman–Crippen LogP) is 12.6. The van der Waals surface area contributed by atoms with E-state index >= 15 is 0 Å². The van der Waals surface area contributed by atoms with Crippen LogP contribution in [0.2, 0.25) is 0 Å². The number of aromatic nitrogens is 3. The van der Waals surface area contributed by atoms with E-state index in [0.29, 0.717) is 16.8 Å². The molecule has 0 aliphatic rings. The zero-order valence-corrected chi connectivity index (χ0v) is 26.9. The van der Waals surface area contributed by atoms with Crippen molar-refractivity contribution in [1.29, 1.82) is 0 Å². The Morgan fingerprint density at radius 3 is 2.14 bits per heavy atom. The third-order valence-electron chi connectivity index (χ3n) is 8.82. The van der Waals surface area contributed by atoms with E-state index in [2.05, 4.69) is 0 Å². The summed E-state index contributed by atoms with van der Waals surface area (Å²) in [6.07, 6.45) is 0. The molecule has 0 amide bonds. The van der Waals surface area contributed by atoms with Gasteiger partial charge in [-0.15, -0.1) is 11.3 Å². The lowest BCUT2D eigenvalue weighted by molar-refractivity contribution is 1.16. The third-order valence-corrected chi connectivity index (χ3v) is 10.0. The van der Waals surface area contributed by atoms with Crippen molar-refractivity contribution in [3.8, 4) is 50.7 Å². The minimum Gasteiger partial charge on any atom is -0.309 e. The average molecular weight is 668 g/mol. The Kier molecular flexibility index (Phi) is 4.43. The molecule has 7 aromatic carbocycles. The number of para-hydroxylation sites is 3. The van der Waals surface area contributed by atoms with Gasteiger partial charge in [-0.05, 0) is 53.5 Å². The second kappa shape index (κ2) is 11.7. The standard InChI is InChI=1S/C46H29N3S/c1-3-14-30(15-4-1)31-16-11-17-32(28-31)40-29-41(48-46(47-40)39-25-13-23-37-35-21-8-10-27-43(35)50-45(37)39)38-24-12-22-36-34-20-7-9-26-42(34)49(44(36)38)33-18-5-2-6-19-33/h1-29H/i2D,5D,6D,7D,9D,12D,18D,19D,20D,22D,24D,26D. The van der Waals surface area contributed by atoms with Crippen molar-refractivity contribution >= 4 is 53.3 Å². The van der Waals surface area contributed by atoms with Gasteiger partial charge in [0.2, 0.25) is 0 Å². The van der Waals surface area contributed by atoms with Crippen molar-refractivity contribution in [2.24, 2.45) is 0 Å². The number of rotatable bonds is 5. The molecule has 0 radical (unpaired) electrons. The smallest absolute Gasteiger partial charge is 0.161 e. The Bertz CT molecular complexity index is 3540. The lowest BCUT2D eigenvalue weighted by atomic mass is 10.00. The van der Waals surface area contributed by atoms with Gasteiger partial charge in [0.15, 0.2) is 5.82 Å². The summed E-state index contributed by atoms with van der Waals surface area (Å²) >= 11 is 1.57. The van der Waals surface area contributed by atoms with Crippen LogP contribution in [0.15, 0.2) is 176 Å². The van der Waals surface area contributed by atoms with E-state index in [1.54, 1.807) is 17.4 Å². The molecule has 0 fully saturated rings. The molecule has 0 atom stereocenters. The molecule has 0 unspecified atom stereocenters. The Morgan fingerprint density at radius 1 is 0.500 bits per heavy atom. The zero-order valence-electron chi connectivity index (χ0n) is 38.1. The highest BCUT2D eigenvalue weighted by Gasteiger charge is 2.20. The Labute approximate surface area is 310 Å². The van der Waals surface area contributed by atoms with Gasteiger partial charge in [-0.25, -0.2) is 9.97 Å². The molecule has 0 saturated carbocycles. The molecule has 0 aliphatic carbocycles. The molecule has 0 bridgehead atoms. The molecule has 0 aliphatic heterocycles. The first-order valence-electron chi connectivity index (χ1n) is 21.9. The molecule has 0 N–H and O–H groups in total. The van der Waals surface area contributed by atoms with Gasteiger partial charge in [0.25, 0.3) is 0 Å². The molecule has 10 aromatic rings. The maximum Gasteiger partial charge on any atom is 0.161 e. The van der Waals surface area contributed by atoms with Crippen LogP contribution in [0.4, 0.5) is 0 Å². The lowest BCUT2D eigenvalue weighted by Gasteiger charge is -2.14. The van der Waals surface area contributed by atoms with Crippen molar-refractivity contribution in [1.82, 2.24) is 14.5 Å². The highest BCUT2D eigenvalue weighted by molar-refractivity contribution is 7.26. The highest BCUT2D eigenvalue weighted by Crippen LogP contribution is 2.42. The minimum absolute atomic E-state index is 0.0726. The van der Waals surface area contributed by atoms with Gasteiger partial charge in [0, 0.05) is 53.3 Å². The quantitative estimate of drug-likeness (QED) is 0.183. The minimum atomic E-state index is -0.700. The van der Waals surface area contributed by atoms with Crippen LogP contribution in [0.3, 0.4) is 0 Å². The number of thiophene rings is 1. The van der Waals surface area contributed by atoms with Crippen LogP contribution in [0.1, 0.15) is 16.4 Å². The van der Waals surface area contributed by atoms with Crippen LogP contribution >= 0.6 is 11.3 Å². The first-order valence-corrected chi connectivity index (χ1v) is 16.7. The predicted molar refractivity (Wildman–Crippen MR) is 211 cm³/mol. The summed E-state index contributed by atoms with van der Waals surface area (Å²) in [5.41, 5.74) is 2.70. The van der Waals surface area contributed by atoms with E-state index in [4.69, 9.17) is 23.7 Å². The molecule has 0 saturated heterocycles. The summed E-state index contributed by atoms with van der Waals surface area (Å²) in [6, 6.07) is 25.5. The fourth-order valence-corrected chi connectivity index (χ4v) is 7.80. The van der Waals surface area contributed by atoms with Gasteiger partial charge in [0.05, 0.1) is 38.9 Å². The van der Waals surface area contributed by atoms with Crippen LogP contribution in [0, 0.1) is 0 Å². The molecule has 10 rings (SSSR count). The van der Waals surface area contributed by atoms with Gasteiger partial charge in [-0.2, -0.15) is 0 Å². The van der Waals surface area contributed by atoms with Gasteiger partial charge in [-0.3, -0.25) is 0 Å². The van der Waals surface area contributed by atoms with Crippen LogP contribution in [0.25, 0.3) is 92.7 Å². The molecular formula is C46H29N3S. The first kappa shape index (κ1) is 19.0. The topological polar surface area (TPSA) is 30.7 Å². The fourth-order valence-electron chi connectivity index (χ4n) is 6.59. The maximum atomic E-state index is 9.56. The molecule has 50 heavy (non-hydrogen) atoms. The number of hydrogen-bond donors (Lipinski definition) is 0. The van der Waals surface area contributed by atoms with E-state index in [0.717, 1.165) is 35.9 Å². The molecule has 4 heteroatoms. The monoisotopic (exact) mass is 667 g/mol. The number of benzene rings is 7. The SMILES string of the molecule is [2H]c1c([2H])c([2H])c(-n2c3c([2H])c([2H])c([2H])c([2H])c3c3c([2H])c([2H])c([2H])c(-c4cc(-c5cccc(-c6ccccc6)c5)nc(-c5cccc6c5sc5ccccc56)n4)c32)c([2H])c1[2H]. The summed E-state index contributed by atoms with van der Waals surface area (Å²) < 4.78 is 110. The fraction of sp³-hybridized carbons (Fsp3) is 0. The Balaban J connectivity index is 1.40. The summed E-state index contributed by atoms with van der Waals surface area (Å²) in [5, 5.41) is 1.64. The summed E-state index contributed by atoms with van der Waals surface area (Å²) in [4.78, 5) is 10.3. The third kappa shape index (κ3) is 4.65. The van der Waals surface area contributed by atoms with Gasteiger partial charge in [0.1, 0.15) is 0 Å². The second-order valence-corrected chi connectivity index (χ2v) is 12.7. The number of fused-ring (bicyclic) bond motifs is 6. The van der Waals surface area contributed by atoms with Gasteiger partial charge >= 0.3 is 0 Å². The van der Waals surface area contributed by atoms with Crippen LogP contribution in [-0.2, 0) is 0 Å². The zero-order chi connectivity index (χ0) is 43.5. The number of hydrogen-bond acceptors (Lipinski definition) is 3. The van der Waals surface area contributed by atoms with Crippen molar-refractivity contribution < 1.29 is 16.4 Å². The molecular weight excluding hydrogens is 627 g/mol. The van der Waals surface area contributed by atoms with Crippen molar-refractivity contribution in [2.45, 2.75) is 0 Å². The van der Waals surface area contributed by atoms with Crippen molar-refractivity contribution in [3.63, 3.8) is 0 Å². The van der Waals surface area contributed by atoms with Crippen LogP contribution < -0.4 is 0 Å². The van der Waals surface area contributed by atoms with Gasteiger partial charge < -0.3 is 4.57 Å². The summed E-state index contributed by atoms with van der Waals surface area (Å²) in [5.74, 6) is 0.253. The molecule has 3 aromatic heterocycles. The molecule has 0 spiro atoms. The van der Waals surface area contributed by atoms with Crippen LogP contribution in [0.5, 0.6) is 0 Å². The molecule has 234 valence electrons. The van der Waals surface area contributed by atoms with E-state index in [9.17, 15) is 2.74 Å². The summed E-state index contributed by atoms with van der Waals surface area (Å²) in [7, 11) is 0. The van der Waals surface area contributed by atoms with E-state index < -0.39 is 78.2 Å². The first-order chi connectivity index (χ1) is 29.8. The van der Waals surface area contributed by atoms with E-state index in [1.165, 1.54) is 0 Å². The normalized spacial score (nSPS) is 15.0. The van der Waals surface area contributed by atoms with E-state index in [1.807, 2.05) is 97.1 Å². The Hall–Kier alpha value is -6.36. The highest BCUT2D eigenvalue weighted by atomic mass is 32.1. The van der Waals surface area contributed by atoms with Gasteiger partial charge in [-0.1, -0.05) is 133 Å². The molecule has 3 nitrogen and oxygen atoms in total. The summed E-state index contributed by atoms with van der Waals surface area (Å²) in [6.45, 7) is 0. The average Bonchev–Trinajstić information content (AvgIpc) is 3.85. The second-order valence-electron chi connectivity index (χ2n) is 11.7. The molecule has 3 heterocycles. The van der Waals surface area contributed by atoms with Crippen molar-refractivity contribution in [2.75, 3.05) is 0 Å². The Morgan fingerprint density at radius 2 is 1.22 bits per heavy atom. The number of nitrogens with zero attached hydrogens (tertiary/aromatic N) is 3. The lowest BCUT2D eigenvalue weighted by Crippen LogP contribution is -1.99. The van der Waals surface area contributed by atoms with Crippen LogP contribution in [-0.4, -0.2) is 14.5 Å². The van der Waals surface area contributed by atoms with Crippen molar-refractivity contribution in [3.05, 3.63) is 176 Å². The maximum absolute atomic E-state index is 9.56.